The molecule has 0 radical (unpaired) electrons. The zero-order chi connectivity index (χ0) is 9.07. The Morgan fingerprint density at radius 3 is 1.64 bits per heavy atom. The molecular weight excluding hydrogens is 132 g/mol. The molecule has 0 amide bonds. The van der Waals surface area contributed by atoms with Crippen LogP contribution in [0.1, 0.15) is 27.7 Å². The molecule has 0 N–H and O–H groups in total. The van der Waals surface area contributed by atoms with Crippen molar-refractivity contribution in [1.82, 2.24) is 0 Å². The van der Waals surface area contributed by atoms with Crippen LogP contribution in [0, 0.1) is 17.3 Å². The molecule has 0 aliphatic heterocycles. The Morgan fingerprint density at radius 2 is 1.55 bits per heavy atom. The topological polar surface area (TPSA) is 0 Å². The van der Waals surface area contributed by atoms with Crippen molar-refractivity contribution in [2.75, 3.05) is 0 Å². The molecule has 64 valence electrons. The van der Waals surface area contributed by atoms with E-state index in [1.165, 1.54) is 0 Å². The third kappa shape index (κ3) is 2.92. The highest BCUT2D eigenvalue weighted by atomic mass is 14.3. The lowest BCUT2D eigenvalue weighted by Crippen LogP contribution is -2.23. The second-order valence-corrected chi connectivity index (χ2v) is 4.22. The first-order chi connectivity index (χ1) is 4.93. The fourth-order valence-electron chi connectivity index (χ4n) is 1.50. The maximum absolute atomic E-state index is 3.85. The summed E-state index contributed by atoms with van der Waals surface area (Å²) in [6, 6.07) is 0. The van der Waals surface area contributed by atoms with Crippen molar-refractivity contribution in [2.24, 2.45) is 17.3 Å². The van der Waals surface area contributed by atoms with E-state index in [4.69, 9.17) is 0 Å². The van der Waals surface area contributed by atoms with Gasteiger partial charge in [-0.25, -0.2) is 0 Å². The molecule has 0 aliphatic rings. The van der Waals surface area contributed by atoms with Crippen molar-refractivity contribution >= 4 is 0 Å². The van der Waals surface area contributed by atoms with Crippen molar-refractivity contribution < 1.29 is 0 Å². The molecule has 0 aromatic rings. The highest BCUT2D eigenvalue weighted by Gasteiger charge is 2.24. The Labute approximate surface area is 71.0 Å². The molecule has 0 aromatic heterocycles. The Bertz CT molecular complexity index is 137. The molecule has 11 heavy (non-hydrogen) atoms. The fraction of sp³-hybridized carbons (Fsp3) is 0.636. The van der Waals surface area contributed by atoms with Crippen LogP contribution in [0.2, 0.25) is 0 Å². The molecule has 0 rings (SSSR count). The summed E-state index contributed by atoms with van der Waals surface area (Å²) >= 11 is 0. The van der Waals surface area contributed by atoms with E-state index in [-0.39, 0.29) is 0 Å². The van der Waals surface area contributed by atoms with Gasteiger partial charge in [-0.1, -0.05) is 39.8 Å². The lowest BCUT2D eigenvalue weighted by atomic mass is 9.74. The maximum atomic E-state index is 3.85. The second-order valence-electron chi connectivity index (χ2n) is 4.22. The Hall–Kier alpha value is -0.520. The highest BCUT2D eigenvalue weighted by molar-refractivity contribution is 4.96. The predicted octanol–water partition coefficient (Wildman–Crippen LogP) is 3.66. The van der Waals surface area contributed by atoms with Crippen molar-refractivity contribution in [2.45, 2.75) is 27.7 Å². The summed E-state index contributed by atoms with van der Waals surface area (Å²) in [5, 5.41) is 0. The van der Waals surface area contributed by atoms with Gasteiger partial charge < -0.3 is 0 Å². The minimum absolute atomic E-state index is 0.301. The molecule has 0 saturated heterocycles. The molecule has 0 fully saturated rings. The van der Waals surface area contributed by atoms with Gasteiger partial charge in [-0.2, -0.15) is 0 Å². The molecule has 2 atom stereocenters. The van der Waals surface area contributed by atoms with Crippen LogP contribution in [0.25, 0.3) is 0 Å². The molecule has 0 aliphatic carbocycles. The third-order valence-corrected chi connectivity index (χ3v) is 2.19. The smallest absolute Gasteiger partial charge is 0.0127 e. The summed E-state index contributed by atoms with van der Waals surface area (Å²) in [5.74, 6) is 1.05. The number of rotatable bonds is 3. The van der Waals surface area contributed by atoms with Gasteiger partial charge in [0.2, 0.25) is 0 Å². The lowest BCUT2D eigenvalue weighted by Gasteiger charge is -2.31. The number of hydrogen-bond donors (Lipinski definition) is 0. The normalized spacial score (nSPS) is 17.1. The van der Waals surface area contributed by atoms with Gasteiger partial charge >= 0.3 is 0 Å². The predicted molar refractivity (Wildman–Crippen MR) is 52.5 cm³/mol. The van der Waals surface area contributed by atoms with Gasteiger partial charge in [-0.15, -0.1) is 13.2 Å². The van der Waals surface area contributed by atoms with Gasteiger partial charge in [0.05, 0.1) is 0 Å². The Balaban J connectivity index is 4.40. The molecule has 2 unspecified atom stereocenters. The van der Waals surface area contributed by atoms with E-state index in [1.54, 1.807) is 0 Å². The molecule has 0 saturated carbocycles. The van der Waals surface area contributed by atoms with E-state index in [2.05, 4.69) is 40.9 Å². The first kappa shape index (κ1) is 10.5. The summed E-state index contributed by atoms with van der Waals surface area (Å²) < 4.78 is 0. The molecular formula is C11H20. The van der Waals surface area contributed by atoms with E-state index in [0.717, 1.165) is 0 Å². The minimum atomic E-state index is 0.301. The first-order valence-electron chi connectivity index (χ1n) is 4.18. The van der Waals surface area contributed by atoms with Crippen LogP contribution in [0.4, 0.5) is 0 Å². The van der Waals surface area contributed by atoms with E-state index in [1.807, 2.05) is 12.2 Å². The first-order valence-corrected chi connectivity index (χ1v) is 4.18. The number of allylic oxidation sites excluding steroid dienone is 2. The summed E-state index contributed by atoms with van der Waals surface area (Å²) in [6.45, 7) is 16.5. The highest BCUT2D eigenvalue weighted by Crippen LogP contribution is 2.33. The lowest BCUT2D eigenvalue weighted by molar-refractivity contribution is 0.247. The molecule has 0 spiro atoms. The van der Waals surface area contributed by atoms with Crippen LogP contribution >= 0.6 is 0 Å². The zero-order valence-corrected chi connectivity index (χ0v) is 8.22. The van der Waals surface area contributed by atoms with Gasteiger partial charge in [0, 0.05) is 0 Å². The van der Waals surface area contributed by atoms with Crippen LogP contribution in [-0.2, 0) is 0 Å². The van der Waals surface area contributed by atoms with Gasteiger partial charge in [0.1, 0.15) is 0 Å². The second kappa shape index (κ2) is 3.75. The molecule has 0 bridgehead atoms. The van der Waals surface area contributed by atoms with E-state index in [0.29, 0.717) is 17.3 Å². The van der Waals surface area contributed by atoms with Crippen LogP contribution < -0.4 is 0 Å². The molecule has 0 aromatic carbocycles. The minimum Gasteiger partial charge on any atom is -0.103 e. The largest absolute Gasteiger partial charge is 0.103 e. The quantitative estimate of drug-likeness (QED) is 0.541. The van der Waals surface area contributed by atoms with Gasteiger partial charge in [-0.05, 0) is 17.3 Å². The summed E-state index contributed by atoms with van der Waals surface area (Å²) in [7, 11) is 0. The average Bonchev–Trinajstić information content (AvgIpc) is 1.86. The van der Waals surface area contributed by atoms with Gasteiger partial charge in [0.25, 0.3) is 0 Å². The van der Waals surface area contributed by atoms with Crippen molar-refractivity contribution in [3.8, 4) is 0 Å². The van der Waals surface area contributed by atoms with Gasteiger partial charge in [-0.3, -0.25) is 0 Å². The van der Waals surface area contributed by atoms with Crippen LogP contribution in [-0.4, -0.2) is 0 Å². The zero-order valence-electron chi connectivity index (χ0n) is 8.22. The average molecular weight is 152 g/mol. The van der Waals surface area contributed by atoms with Crippen LogP contribution in [0.5, 0.6) is 0 Å². The molecule has 0 heterocycles. The summed E-state index contributed by atoms with van der Waals surface area (Å²) in [4.78, 5) is 0. The van der Waals surface area contributed by atoms with Gasteiger partial charge in [0.15, 0.2) is 0 Å². The maximum Gasteiger partial charge on any atom is -0.0127 e. The van der Waals surface area contributed by atoms with E-state index >= 15 is 0 Å². The van der Waals surface area contributed by atoms with E-state index in [9.17, 15) is 0 Å². The SMILES string of the molecule is C=CC(C)C(C=C)C(C)(C)C. The van der Waals surface area contributed by atoms with Crippen LogP contribution in [0.15, 0.2) is 25.3 Å². The summed E-state index contributed by atoms with van der Waals surface area (Å²) in [6.07, 6.45) is 4.03. The van der Waals surface area contributed by atoms with Crippen molar-refractivity contribution in [1.29, 1.82) is 0 Å². The van der Waals surface area contributed by atoms with Crippen molar-refractivity contribution in [3.63, 3.8) is 0 Å². The third-order valence-electron chi connectivity index (χ3n) is 2.19. The monoisotopic (exact) mass is 152 g/mol. The Kier molecular flexibility index (Phi) is 3.57. The van der Waals surface area contributed by atoms with Crippen molar-refractivity contribution in [3.05, 3.63) is 25.3 Å². The molecule has 0 nitrogen and oxygen atoms in total. The number of hydrogen-bond acceptors (Lipinski definition) is 0. The Morgan fingerprint density at radius 1 is 1.09 bits per heavy atom. The standard InChI is InChI=1S/C11H20/c1-7-9(3)10(8-2)11(4,5)6/h7-10H,1-2H2,3-6H3. The van der Waals surface area contributed by atoms with Crippen LogP contribution in [0.3, 0.4) is 0 Å². The van der Waals surface area contributed by atoms with E-state index < -0.39 is 0 Å². The molecule has 0 heteroatoms. The fourth-order valence-corrected chi connectivity index (χ4v) is 1.50. The summed E-state index contributed by atoms with van der Waals surface area (Å²) in [5.41, 5.74) is 0.301.